The number of aliphatic hydroxyl groups excluding tert-OH is 1. The second-order valence-electron chi connectivity index (χ2n) is 6.35. The van der Waals surface area contributed by atoms with E-state index in [1.807, 2.05) is 37.3 Å². The number of methoxy groups -OCH3 is 2. The Bertz CT molecular complexity index is 731. The second-order valence-corrected chi connectivity index (χ2v) is 6.35. The summed E-state index contributed by atoms with van der Waals surface area (Å²) in [6.07, 6.45) is -0.774. The lowest BCUT2D eigenvalue weighted by molar-refractivity contribution is 0.125. The minimum absolute atomic E-state index is 0.205. The van der Waals surface area contributed by atoms with Crippen LogP contribution in [-0.4, -0.2) is 51.5 Å². The van der Waals surface area contributed by atoms with Gasteiger partial charge in [0.25, 0.3) is 0 Å². The van der Waals surface area contributed by atoms with Crippen LogP contribution in [0.1, 0.15) is 24.2 Å². The number of aliphatic hydroxyl groups is 1. The van der Waals surface area contributed by atoms with Gasteiger partial charge in [-0.15, -0.1) is 0 Å². The molecule has 0 saturated heterocycles. The summed E-state index contributed by atoms with van der Waals surface area (Å²) in [6, 6.07) is 15.4. The van der Waals surface area contributed by atoms with Gasteiger partial charge in [-0.05, 0) is 30.2 Å². The highest BCUT2D eigenvalue weighted by molar-refractivity contribution is 5.79. The molecule has 2 aromatic rings. The van der Waals surface area contributed by atoms with Gasteiger partial charge in [0.15, 0.2) is 5.96 Å². The van der Waals surface area contributed by atoms with Crippen molar-refractivity contribution in [2.75, 3.05) is 40.5 Å². The molecule has 7 heteroatoms. The van der Waals surface area contributed by atoms with E-state index in [1.54, 1.807) is 32.4 Å². The summed E-state index contributed by atoms with van der Waals surface area (Å²) in [4.78, 5) is 4.46. The molecular weight excluding hydrogens is 370 g/mol. The van der Waals surface area contributed by atoms with Crippen LogP contribution in [0.3, 0.4) is 0 Å². The van der Waals surface area contributed by atoms with E-state index in [4.69, 9.17) is 14.2 Å². The van der Waals surface area contributed by atoms with E-state index in [-0.39, 0.29) is 6.54 Å². The molecule has 1 atom stereocenters. The largest absolute Gasteiger partial charge is 0.497 e. The Morgan fingerprint density at radius 1 is 1.03 bits per heavy atom. The third-order valence-corrected chi connectivity index (χ3v) is 4.18. The first-order valence-electron chi connectivity index (χ1n) is 9.71. The zero-order chi connectivity index (χ0) is 20.9. The van der Waals surface area contributed by atoms with Crippen LogP contribution in [0, 0.1) is 0 Å². The molecule has 0 aromatic heterocycles. The Morgan fingerprint density at radius 2 is 1.72 bits per heavy atom. The summed E-state index contributed by atoms with van der Waals surface area (Å²) in [7, 11) is 3.16. The van der Waals surface area contributed by atoms with Gasteiger partial charge in [0.2, 0.25) is 0 Å². The van der Waals surface area contributed by atoms with Crippen molar-refractivity contribution < 1.29 is 19.3 Å². The number of guanidine groups is 1. The van der Waals surface area contributed by atoms with Gasteiger partial charge in [-0.25, -0.2) is 0 Å². The maximum Gasteiger partial charge on any atom is 0.191 e. The lowest BCUT2D eigenvalue weighted by Gasteiger charge is -2.15. The van der Waals surface area contributed by atoms with E-state index in [1.165, 1.54) is 0 Å². The summed E-state index contributed by atoms with van der Waals surface area (Å²) >= 11 is 0. The number of ether oxygens (including phenoxy) is 3. The number of benzene rings is 2. The standard InChI is InChI=1S/C22H31N3O4/c1-4-23-22(24-10-11-29-16-17-8-6-5-7-9-17)25-15-21(26)18-12-19(27-2)14-20(13-18)28-3/h5-9,12-14,21,26H,4,10-11,15-16H2,1-3H3,(H2,23,24,25). The van der Waals surface area contributed by atoms with Crippen LogP contribution in [-0.2, 0) is 11.3 Å². The first kappa shape index (κ1) is 22.5. The molecule has 0 bridgehead atoms. The average molecular weight is 402 g/mol. The van der Waals surface area contributed by atoms with E-state index in [2.05, 4.69) is 15.6 Å². The van der Waals surface area contributed by atoms with Crippen molar-refractivity contribution in [3.05, 3.63) is 59.7 Å². The fourth-order valence-electron chi connectivity index (χ4n) is 2.65. The smallest absolute Gasteiger partial charge is 0.191 e. The Hall–Kier alpha value is -2.77. The topological polar surface area (TPSA) is 84.3 Å². The van der Waals surface area contributed by atoms with Gasteiger partial charge in [-0.1, -0.05) is 30.3 Å². The normalized spacial score (nSPS) is 12.3. The van der Waals surface area contributed by atoms with Gasteiger partial charge in [0.1, 0.15) is 11.5 Å². The van der Waals surface area contributed by atoms with Gasteiger partial charge in [-0.2, -0.15) is 0 Å². The molecule has 0 fully saturated rings. The Kier molecular flexibility index (Phi) is 9.82. The maximum absolute atomic E-state index is 10.5. The number of nitrogens with zero attached hydrogens (tertiary/aromatic N) is 1. The Balaban J connectivity index is 1.84. The molecule has 158 valence electrons. The molecular formula is C22H31N3O4. The van der Waals surface area contributed by atoms with Crippen molar-refractivity contribution in [1.82, 2.24) is 10.6 Å². The summed E-state index contributed by atoms with van der Waals surface area (Å²) in [5.41, 5.74) is 1.83. The molecule has 7 nitrogen and oxygen atoms in total. The molecule has 1 unspecified atom stereocenters. The maximum atomic E-state index is 10.5. The van der Waals surface area contributed by atoms with E-state index in [0.717, 1.165) is 12.1 Å². The Labute approximate surface area is 172 Å². The Morgan fingerprint density at radius 3 is 2.34 bits per heavy atom. The highest BCUT2D eigenvalue weighted by atomic mass is 16.5. The number of rotatable bonds is 11. The van der Waals surface area contributed by atoms with Gasteiger partial charge in [-0.3, -0.25) is 4.99 Å². The van der Waals surface area contributed by atoms with Crippen molar-refractivity contribution in [3.63, 3.8) is 0 Å². The minimum atomic E-state index is -0.774. The van der Waals surface area contributed by atoms with Gasteiger partial charge >= 0.3 is 0 Å². The fourth-order valence-corrected chi connectivity index (χ4v) is 2.65. The monoisotopic (exact) mass is 401 g/mol. The fraction of sp³-hybridized carbons (Fsp3) is 0.409. The third-order valence-electron chi connectivity index (χ3n) is 4.18. The number of aliphatic imine (C=N–C) groups is 1. The quantitative estimate of drug-likeness (QED) is 0.305. The van der Waals surface area contributed by atoms with E-state index in [9.17, 15) is 5.11 Å². The second kappa shape index (κ2) is 12.6. The highest BCUT2D eigenvalue weighted by Crippen LogP contribution is 2.26. The van der Waals surface area contributed by atoms with Crippen LogP contribution in [0.2, 0.25) is 0 Å². The van der Waals surface area contributed by atoms with Crippen LogP contribution in [0.4, 0.5) is 0 Å². The molecule has 2 aromatic carbocycles. The summed E-state index contributed by atoms with van der Waals surface area (Å²) in [5.74, 6) is 1.88. The molecule has 3 N–H and O–H groups in total. The lowest BCUT2D eigenvalue weighted by atomic mass is 10.1. The molecule has 0 aliphatic carbocycles. The van der Waals surface area contributed by atoms with Gasteiger partial charge < -0.3 is 30.0 Å². The van der Waals surface area contributed by atoms with Crippen LogP contribution in [0.25, 0.3) is 0 Å². The van der Waals surface area contributed by atoms with E-state index in [0.29, 0.717) is 42.8 Å². The van der Waals surface area contributed by atoms with Crippen molar-refractivity contribution in [1.29, 1.82) is 0 Å². The number of hydrogen-bond donors (Lipinski definition) is 3. The number of nitrogens with one attached hydrogen (secondary N) is 2. The zero-order valence-corrected chi connectivity index (χ0v) is 17.4. The molecule has 0 aliphatic rings. The van der Waals surface area contributed by atoms with Crippen LogP contribution in [0.15, 0.2) is 53.5 Å². The number of hydrogen-bond acceptors (Lipinski definition) is 5. The molecule has 29 heavy (non-hydrogen) atoms. The first-order valence-corrected chi connectivity index (χ1v) is 9.71. The van der Waals surface area contributed by atoms with Crippen LogP contribution >= 0.6 is 0 Å². The van der Waals surface area contributed by atoms with Crippen molar-refractivity contribution >= 4 is 5.96 Å². The molecule has 0 amide bonds. The van der Waals surface area contributed by atoms with E-state index >= 15 is 0 Å². The van der Waals surface area contributed by atoms with Gasteiger partial charge in [0.05, 0.1) is 40.1 Å². The first-order chi connectivity index (χ1) is 14.2. The summed E-state index contributed by atoms with van der Waals surface area (Å²) in [5, 5.41) is 16.9. The minimum Gasteiger partial charge on any atom is -0.497 e. The summed E-state index contributed by atoms with van der Waals surface area (Å²) < 4.78 is 16.2. The van der Waals surface area contributed by atoms with Crippen LogP contribution < -0.4 is 20.1 Å². The molecule has 2 rings (SSSR count). The van der Waals surface area contributed by atoms with E-state index < -0.39 is 6.10 Å². The SMILES string of the molecule is CCNC(=NCC(O)c1cc(OC)cc(OC)c1)NCCOCc1ccccc1. The van der Waals surface area contributed by atoms with Crippen molar-refractivity contribution in [2.24, 2.45) is 4.99 Å². The lowest BCUT2D eigenvalue weighted by Crippen LogP contribution is -2.39. The highest BCUT2D eigenvalue weighted by Gasteiger charge is 2.11. The van der Waals surface area contributed by atoms with Gasteiger partial charge in [0, 0.05) is 19.2 Å². The van der Waals surface area contributed by atoms with Crippen molar-refractivity contribution in [2.45, 2.75) is 19.6 Å². The molecule has 0 spiro atoms. The zero-order valence-electron chi connectivity index (χ0n) is 17.4. The van der Waals surface area contributed by atoms with Crippen molar-refractivity contribution in [3.8, 4) is 11.5 Å². The summed E-state index contributed by atoms with van der Waals surface area (Å²) in [6.45, 7) is 4.66. The predicted molar refractivity (Wildman–Crippen MR) is 115 cm³/mol. The molecule has 0 radical (unpaired) electrons. The molecule has 0 heterocycles. The van der Waals surface area contributed by atoms with Crippen LogP contribution in [0.5, 0.6) is 11.5 Å². The molecule has 0 saturated carbocycles. The molecule has 0 aliphatic heterocycles. The predicted octanol–water partition coefficient (Wildman–Crippen LogP) is 2.51. The third kappa shape index (κ3) is 8.01. The average Bonchev–Trinajstić information content (AvgIpc) is 2.77.